The fraction of sp³-hybridized carbons (Fsp3) is 0.0208. The van der Waals surface area contributed by atoms with Crippen molar-refractivity contribution in [2.75, 3.05) is 9.80 Å². The van der Waals surface area contributed by atoms with Crippen molar-refractivity contribution in [1.29, 1.82) is 0 Å². The van der Waals surface area contributed by atoms with E-state index in [4.69, 9.17) is 0 Å². The first-order valence-corrected chi connectivity index (χ1v) is 34.5. The largest absolute Gasteiger partial charge is 0.333 e. The average molecular weight is 1280 g/mol. The average Bonchev–Trinajstić information content (AvgIpc) is 1.59. The van der Waals surface area contributed by atoms with Gasteiger partial charge in [-0.1, -0.05) is 291 Å². The lowest BCUT2D eigenvalue weighted by Crippen LogP contribution is -2.22. The first kappa shape index (κ1) is 59.5. The number of nitrogens with zero attached hydrogens (tertiary/aromatic N) is 4. The van der Waals surface area contributed by atoms with Crippen molar-refractivity contribution in [2.45, 2.75) is 12.0 Å². The molecule has 0 aliphatic carbocycles. The Morgan fingerprint density at radius 1 is 0.230 bits per heavy atom. The molecule has 0 saturated heterocycles. The van der Waals surface area contributed by atoms with Crippen LogP contribution in [0.3, 0.4) is 0 Å². The second kappa shape index (κ2) is 25.9. The van der Waals surface area contributed by atoms with Crippen LogP contribution in [0.5, 0.6) is 0 Å². The molecule has 0 amide bonds. The maximum Gasteiger partial charge on any atom is 0.0701 e. The van der Waals surface area contributed by atoms with Gasteiger partial charge in [-0.3, -0.25) is 0 Å². The summed E-state index contributed by atoms with van der Waals surface area (Å²) in [7, 11) is 0. The summed E-state index contributed by atoms with van der Waals surface area (Å²) >= 11 is 0. The van der Waals surface area contributed by atoms with Crippen LogP contribution in [0, 0.1) is 0 Å². The number of fused-ring (bicyclic) bond motifs is 3. The molecule has 0 radical (unpaired) electrons. The third-order valence-electron chi connectivity index (χ3n) is 20.1. The van der Waals surface area contributed by atoms with E-state index in [0.717, 1.165) is 67.3 Å². The van der Waals surface area contributed by atoms with Gasteiger partial charge in [-0.05, 0) is 182 Å². The molecule has 3 heterocycles. The van der Waals surface area contributed by atoms with Gasteiger partial charge in [0.25, 0.3) is 0 Å². The SMILES string of the molecule is c1ccc(-c2c(-c3ccccc3)n(-c3ccccc3)c3ccc(-c4ccc(N(c5ccc(-c6ccc7c(c6)C(c6ccccc6)C(c6ccccc6)N7c6ccccc6)cc5)c5ccc(-c6ccc7c(c6)c(-c6ccccc6)c(-c6ccccc6)n7-c6ccccc6)cc5)cc4)cc23)cc1. The van der Waals surface area contributed by atoms with E-state index < -0.39 is 0 Å². The molecule has 2 atom stereocenters. The number of para-hydroxylation sites is 3. The third kappa shape index (κ3) is 10.8. The molecule has 18 rings (SSSR count). The molecule has 1 aliphatic rings. The molecule has 0 N–H and O–H groups in total. The Morgan fingerprint density at radius 3 is 0.930 bits per heavy atom. The predicted octanol–water partition coefficient (Wildman–Crippen LogP) is 25.7. The summed E-state index contributed by atoms with van der Waals surface area (Å²) in [6, 6.07) is 147. The zero-order chi connectivity index (χ0) is 66.3. The quantitative estimate of drug-likeness (QED) is 0.102. The minimum Gasteiger partial charge on any atom is -0.333 e. The van der Waals surface area contributed by atoms with Gasteiger partial charge >= 0.3 is 0 Å². The van der Waals surface area contributed by atoms with Crippen LogP contribution >= 0.6 is 0 Å². The molecule has 4 heteroatoms. The van der Waals surface area contributed by atoms with Crippen LogP contribution in [0.1, 0.15) is 28.7 Å². The number of hydrogen-bond acceptors (Lipinski definition) is 2. The van der Waals surface area contributed by atoms with Gasteiger partial charge in [-0.15, -0.1) is 0 Å². The topological polar surface area (TPSA) is 16.3 Å². The highest BCUT2D eigenvalue weighted by Gasteiger charge is 2.41. The van der Waals surface area contributed by atoms with Crippen LogP contribution in [0.25, 0.3) is 111 Å². The number of hydrogen-bond donors (Lipinski definition) is 0. The summed E-state index contributed by atoms with van der Waals surface area (Å²) in [6.45, 7) is 0. The van der Waals surface area contributed by atoms with Gasteiger partial charge in [0.15, 0.2) is 0 Å². The summed E-state index contributed by atoms with van der Waals surface area (Å²) in [5.41, 5.74) is 30.4. The molecule has 4 nitrogen and oxygen atoms in total. The zero-order valence-electron chi connectivity index (χ0n) is 55.0. The van der Waals surface area contributed by atoms with Gasteiger partial charge in [0.05, 0.1) is 28.5 Å². The lowest BCUT2D eigenvalue weighted by atomic mass is 9.83. The van der Waals surface area contributed by atoms with Crippen molar-refractivity contribution in [3.8, 4) is 89.5 Å². The maximum absolute atomic E-state index is 2.55. The summed E-state index contributed by atoms with van der Waals surface area (Å²) < 4.78 is 4.87. The van der Waals surface area contributed by atoms with Gasteiger partial charge in [-0.2, -0.15) is 0 Å². The molecular formula is C96H68N4. The van der Waals surface area contributed by atoms with E-state index in [0.29, 0.717) is 0 Å². The number of benzene rings is 15. The molecule has 0 fully saturated rings. The van der Waals surface area contributed by atoms with Gasteiger partial charge in [0.1, 0.15) is 0 Å². The lowest BCUT2D eigenvalue weighted by Gasteiger charge is -2.31. The third-order valence-corrected chi connectivity index (χ3v) is 20.1. The highest BCUT2D eigenvalue weighted by Crippen LogP contribution is 2.56. The van der Waals surface area contributed by atoms with E-state index in [1.165, 1.54) is 89.2 Å². The molecule has 0 bridgehead atoms. The Hall–Kier alpha value is -13.0. The normalized spacial score (nSPS) is 13.4. The van der Waals surface area contributed by atoms with Crippen LogP contribution in [-0.2, 0) is 0 Å². The van der Waals surface area contributed by atoms with Crippen molar-refractivity contribution >= 4 is 50.2 Å². The summed E-state index contributed by atoms with van der Waals surface area (Å²) in [4.78, 5) is 4.96. The Morgan fingerprint density at radius 2 is 0.540 bits per heavy atom. The van der Waals surface area contributed by atoms with Crippen molar-refractivity contribution in [1.82, 2.24) is 9.13 Å². The van der Waals surface area contributed by atoms with Gasteiger partial charge in [0, 0.05) is 67.6 Å². The standard InChI is InChI=1S/C96H68N4/c1-10-28-70(29-11-1)91-85-64-76(52-61-88(85)98(79-40-22-7-23-41-79)94(91)73-34-16-4-17-35-73)67-46-55-82(56-47-67)97(83-57-48-68(49-58-83)77-53-62-89-86(65-77)92(71-30-12-2-13-31-71)95(74-36-18-5-19-37-74)99(89)80-42-24-8-25-43-80)84-59-50-69(51-60-84)78-54-63-90-87(66-78)93(72-32-14-3-15-33-72)96(75-38-20-6-21-39-75)100(90)81-44-26-9-27-45-81/h1-66,91,94H. The molecule has 0 saturated carbocycles. The molecule has 2 unspecified atom stereocenters. The Labute approximate surface area is 584 Å². The van der Waals surface area contributed by atoms with E-state index in [-0.39, 0.29) is 12.0 Å². The van der Waals surface area contributed by atoms with Crippen LogP contribution in [0.4, 0.5) is 28.4 Å². The molecule has 0 spiro atoms. The van der Waals surface area contributed by atoms with Crippen molar-refractivity contribution < 1.29 is 0 Å². The minimum absolute atomic E-state index is 0.0533. The first-order valence-electron chi connectivity index (χ1n) is 34.5. The van der Waals surface area contributed by atoms with Crippen LogP contribution < -0.4 is 9.80 Å². The lowest BCUT2D eigenvalue weighted by molar-refractivity contribution is 0.658. The van der Waals surface area contributed by atoms with Crippen molar-refractivity contribution in [3.05, 3.63) is 417 Å². The molecule has 17 aromatic rings. The fourth-order valence-corrected chi connectivity index (χ4v) is 15.6. The van der Waals surface area contributed by atoms with E-state index in [9.17, 15) is 0 Å². The van der Waals surface area contributed by atoms with E-state index in [1.54, 1.807) is 0 Å². The van der Waals surface area contributed by atoms with Gasteiger partial charge < -0.3 is 18.9 Å². The summed E-state index contributed by atoms with van der Waals surface area (Å²) in [5, 5.41) is 2.39. The van der Waals surface area contributed by atoms with Gasteiger partial charge in [-0.25, -0.2) is 0 Å². The Balaban J connectivity index is 0.757. The fourth-order valence-electron chi connectivity index (χ4n) is 15.6. The molecule has 472 valence electrons. The van der Waals surface area contributed by atoms with Crippen LogP contribution in [0.2, 0.25) is 0 Å². The number of aromatic nitrogens is 2. The molecular weight excluding hydrogens is 1210 g/mol. The van der Waals surface area contributed by atoms with Crippen LogP contribution in [-0.4, -0.2) is 9.13 Å². The number of rotatable bonds is 15. The second-order valence-electron chi connectivity index (χ2n) is 25.9. The van der Waals surface area contributed by atoms with Crippen molar-refractivity contribution in [3.63, 3.8) is 0 Å². The Bertz CT molecular complexity index is 5460. The highest BCUT2D eigenvalue weighted by molar-refractivity contribution is 6.09. The van der Waals surface area contributed by atoms with Crippen LogP contribution in [0.15, 0.2) is 400 Å². The van der Waals surface area contributed by atoms with E-state index in [1.807, 2.05) is 0 Å². The molecule has 2 aromatic heterocycles. The minimum atomic E-state index is 0.0533. The predicted molar refractivity (Wildman–Crippen MR) is 419 cm³/mol. The molecule has 1 aliphatic heterocycles. The molecule has 15 aromatic carbocycles. The van der Waals surface area contributed by atoms with Crippen molar-refractivity contribution in [2.24, 2.45) is 0 Å². The molecule has 100 heavy (non-hydrogen) atoms. The second-order valence-corrected chi connectivity index (χ2v) is 25.9. The van der Waals surface area contributed by atoms with Gasteiger partial charge in [0.2, 0.25) is 0 Å². The van der Waals surface area contributed by atoms with E-state index in [2.05, 4.69) is 419 Å². The smallest absolute Gasteiger partial charge is 0.0701 e. The van der Waals surface area contributed by atoms with E-state index >= 15 is 0 Å². The summed E-state index contributed by atoms with van der Waals surface area (Å²) in [6.07, 6.45) is 0. The summed E-state index contributed by atoms with van der Waals surface area (Å²) in [5.74, 6) is 0.0873. The number of anilines is 5. The maximum atomic E-state index is 2.55. The Kier molecular flexibility index (Phi) is 15.4. The highest BCUT2D eigenvalue weighted by atomic mass is 15.2. The first-order chi connectivity index (χ1) is 49.6. The monoisotopic (exact) mass is 1280 g/mol. The zero-order valence-corrected chi connectivity index (χ0v) is 55.0.